The first-order valence-electron chi connectivity index (χ1n) is 11.3. The second kappa shape index (κ2) is 16.9. The van der Waals surface area contributed by atoms with Crippen LogP contribution >= 0.6 is 0 Å². The molecule has 178 valence electrons. The van der Waals surface area contributed by atoms with E-state index in [9.17, 15) is 20.1 Å². The number of aliphatic hydroxyl groups excluding tert-OH is 3. The summed E-state index contributed by atoms with van der Waals surface area (Å²) < 4.78 is 5.09. The molecule has 0 atom stereocenters. The van der Waals surface area contributed by atoms with Crippen LogP contribution in [0, 0.1) is 5.41 Å². The first kappa shape index (κ1) is 29.3. The maximum Gasteiger partial charge on any atom is 0.309 e. The van der Waals surface area contributed by atoms with E-state index in [2.05, 4.69) is 45.9 Å². The molecule has 0 unspecified atom stereocenters. The van der Waals surface area contributed by atoms with E-state index < -0.39 is 31.2 Å². The van der Waals surface area contributed by atoms with E-state index in [0.29, 0.717) is 0 Å². The van der Waals surface area contributed by atoms with Crippen molar-refractivity contribution in [3.63, 3.8) is 0 Å². The van der Waals surface area contributed by atoms with E-state index in [0.717, 1.165) is 44.1 Å². The minimum Gasteiger partial charge on any atom is -0.465 e. The average molecular weight is 437 g/mol. The fraction of sp³-hybridized carbons (Fsp3) is 0.654. The molecule has 0 saturated heterocycles. The summed E-state index contributed by atoms with van der Waals surface area (Å²) in [6.07, 6.45) is 15.1. The van der Waals surface area contributed by atoms with Gasteiger partial charge in [0.15, 0.2) is 0 Å². The highest BCUT2D eigenvalue weighted by atomic mass is 16.5. The highest BCUT2D eigenvalue weighted by molar-refractivity contribution is 5.71. The third-order valence-corrected chi connectivity index (χ3v) is 5.32. The highest BCUT2D eigenvalue weighted by Crippen LogP contribution is 2.16. The van der Waals surface area contributed by atoms with Gasteiger partial charge in [0.25, 0.3) is 0 Å². The quantitative estimate of drug-likeness (QED) is 0.233. The number of allylic oxidation sites excluding steroid dienone is 7. The Bertz CT molecular complexity index is 624. The van der Waals surface area contributed by atoms with Crippen molar-refractivity contribution in [2.24, 2.45) is 5.41 Å². The van der Waals surface area contributed by atoms with E-state index in [1.807, 2.05) is 13.0 Å². The number of hydrogen-bond acceptors (Lipinski definition) is 5. The molecule has 0 aromatic heterocycles. The molecule has 0 bridgehead atoms. The molecule has 3 N–H and O–H groups in total. The summed E-state index contributed by atoms with van der Waals surface area (Å²) in [6, 6.07) is 0. The van der Waals surface area contributed by atoms with Gasteiger partial charge in [-0.15, -0.1) is 0 Å². The Kier molecular flexibility index (Phi) is 16.0. The molecule has 0 aliphatic rings. The van der Waals surface area contributed by atoms with E-state index in [1.165, 1.54) is 16.7 Å². The van der Waals surface area contributed by atoms with Gasteiger partial charge < -0.3 is 20.1 Å². The van der Waals surface area contributed by atoms with Crippen LogP contribution in [0.15, 0.2) is 46.6 Å². The lowest BCUT2D eigenvalue weighted by Crippen LogP contribution is -2.39. The van der Waals surface area contributed by atoms with Crippen molar-refractivity contribution in [1.82, 2.24) is 0 Å². The summed E-state index contributed by atoms with van der Waals surface area (Å²) in [5, 5.41) is 27.7. The molecule has 0 saturated carbocycles. The van der Waals surface area contributed by atoms with Crippen molar-refractivity contribution in [2.45, 2.75) is 79.6 Å². The summed E-state index contributed by atoms with van der Waals surface area (Å²) >= 11 is 0. The molecular weight excluding hydrogens is 392 g/mol. The number of rotatable bonds is 16. The molecule has 0 aromatic carbocycles. The first-order valence-corrected chi connectivity index (χ1v) is 11.3. The van der Waals surface area contributed by atoms with Gasteiger partial charge in [0.2, 0.25) is 0 Å². The zero-order valence-electron chi connectivity index (χ0n) is 20.2. The second-order valence-corrected chi connectivity index (χ2v) is 8.89. The highest BCUT2D eigenvalue weighted by Gasteiger charge is 2.29. The first-order chi connectivity index (χ1) is 14.7. The Hall–Kier alpha value is -1.69. The van der Waals surface area contributed by atoms with Gasteiger partial charge in [0, 0.05) is 0 Å². The third kappa shape index (κ3) is 14.9. The molecule has 0 aromatic rings. The summed E-state index contributed by atoms with van der Waals surface area (Å²) in [4.78, 5) is 11.9. The lowest BCUT2D eigenvalue weighted by Gasteiger charge is -2.26. The Labute approximate surface area is 189 Å². The molecule has 0 aliphatic carbocycles. The fourth-order valence-corrected chi connectivity index (χ4v) is 2.82. The Morgan fingerprint density at radius 1 is 0.710 bits per heavy atom. The SMILES string of the molecule is CC(C)=CCCC(C)=CCCC(C)=CCCC(C)=CCC(=O)OCC(CO)(CO)CO. The van der Waals surface area contributed by atoms with E-state index in [4.69, 9.17) is 4.74 Å². The van der Waals surface area contributed by atoms with Gasteiger partial charge in [0.05, 0.1) is 31.7 Å². The topological polar surface area (TPSA) is 87.0 Å². The van der Waals surface area contributed by atoms with Gasteiger partial charge in [0.1, 0.15) is 6.61 Å². The van der Waals surface area contributed by atoms with Gasteiger partial charge in [-0.3, -0.25) is 4.79 Å². The van der Waals surface area contributed by atoms with Gasteiger partial charge in [-0.05, 0) is 73.1 Å². The van der Waals surface area contributed by atoms with Gasteiger partial charge in [-0.1, -0.05) is 46.6 Å². The zero-order chi connectivity index (χ0) is 23.7. The molecule has 0 rings (SSSR count). The Morgan fingerprint density at radius 3 is 1.55 bits per heavy atom. The molecule has 5 heteroatoms. The van der Waals surface area contributed by atoms with Crippen LogP contribution in [0.1, 0.15) is 79.6 Å². The van der Waals surface area contributed by atoms with Crippen LogP contribution in [-0.4, -0.2) is 47.7 Å². The van der Waals surface area contributed by atoms with Gasteiger partial charge in [-0.25, -0.2) is 0 Å². The number of esters is 1. The monoisotopic (exact) mass is 436 g/mol. The van der Waals surface area contributed by atoms with Crippen LogP contribution < -0.4 is 0 Å². The summed E-state index contributed by atoms with van der Waals surface area (Å²) in [5.74, 6) is -0.433. The van der Waals surface area contributed by atoms with E-state index in [-0.39, 0.29) is 13.0 Å². The second-order valence-electron chi connectivity index (χ2n) is 8.89. The number of aliphatic hydroxyl groups is 3. The van der Waals surface area contributed by atoms with Crippen LogP contribution in [0.2, 0.25) is 0 Å². The predicted octanol–water partition coefficient (Wildman–Crippen LogP) is 5.03. The van der Waals surface area contributed by atoms with Crippen LogP contribution in [0.3, 0.4) is 0 Å². The number of ether oxygens (including phenoxy) is 1. The van der Waals surface area contributed by atoms with Crippen LogP contribution in [0.5, 0.6) is 0 Å². The Balaban J connectivity index is 4.22. The normalized spacial score (nSPS) is 13.4. The summed E-state index contributed by atoms with van der Waals surface area (Å²) in [7, 11) is 0. The van der Waals surface area contributed by atoms with Gasteiger partial charge in [-0.2, -0.15) is 0 Å². The molecule has 0 fully saturated rings. The Morgan fingerprint density at radius 2 is 1.13 bits per heavy atom. The fourth-order valence-electron chi connectivity index (χ4n) is 2.82. The molecule has 31 heavy (non-hydrogen) atoms. The number of carbonyl (C=O) groups is 1. The van der Waals surface area contributed by atoms with Crippen molar-refractivity contribution in [2.75, 3.05) is 26.4 Å². The van der Waals surface area contributed by atoms with E-state index in [1.54, 1.807) is 0 Å². The lowest BCUT2D eigenvalue weighted by molar-refractivity contribution is -0.150. The number of carbonyl (C=O) groups excluding carboxylic acids is 1. The van der Waals surface area contributed by atoms with Crippen molar-refractivity contribution >= 4 is 5.97 Å². The minimum atomic E-state index is -1.18. The predicted molar refractivity (Wildman–Crippen MR) is 128 cm³/mol. The average Bonchev–Trinajstić information content (AvgIpc) is 2.73. The molecule has 0 amide bonds. The van der Waals surface area contributed by atoms with Gasteiger partial charge >= 0.3 is 5.97 Å². The molecule has 0 aliphatic heterocycles. The lowest BCUT2D eigenvalue weighted by atomic mass is 9.93. The van der Waals surface area contributed by atoms with Crippen molar-refractivity contribution < 1.29 is 24.9 Å². The maximum atomic E-state index is 11.9. The smallest absolute Gasteiger partial charge is 0.309 e. The minimum absolute atomic E-state index is 0.143. The molecule has 0 radical (unpaired) electrons. The van der Waals surface area contributed by atoms with Crippen LogP contribution in [0.25, 0.3) is 0 Å². The summed E-state index contributed by atoms with van der Waals surface area (Å²) in [5.41, 5.74) is 4.14. The zero-order valence-corrected chi connectivity index (χ0v) is 20.2. The maximum absolute atomic E-state index is 11.9. The standard InChI is InChI=1S/C26H44O5/c1-21(2)9-6-10-22(3)11-7-12-23(4)13-8-14-24(5)15-16-25(30)31-20-26(17-27,18-28)19-29/h9,11,13,15,27-29H,6-8,10,12,14,16-20H2,1-5H3. The van der Waals surface area contributed by atoms with Crippen LogP contribution in [-0.2, 0) is 9.53 Å². The van der Waals surface area contributed by atoms with Crippen LogP contribution in [0.4, 0.5) is 0 Å². The third-order valence-electron chi connectivity index (χ3n) is 5.32. The molecular formula is C26H44O5. The van der Waals surface area contributed by atoms with Crippen molar-refractivity contribution in [3.05, 3.63) is 46.6 Å². The number of hydrogen-bond donors (Lipinski definition) is 3. The molecule has 0 spiro atoms. The van der Waals surface area contributed by atoms with Crippen molar-refractivity contribution in [3.8, 4) is 0 Å². The molecule has 5 nitrogen and oxygen atoms in total. The summed E-state index contributed by atoms with van der Waals surface area (Å²) in [6.45, 7) is 9.09. The van der Waals surface area contributed by atoms with E-state index >= 15 is 0 Å². The molecule has 0 heterocycles. The largest absolute Gasteiger partial charge is 0.465 e. The van der Waals surface area contributed by atoms with Crippen molar-refractivity contribution in [1.29, 1.82) is 0 Å².